The van der Waals surface area contributed by atoms with Gasteiger partial charge in [0, 0.05) is 35.7 Å². The molecule has 3 aliphatic rings. The Morgan fingerprint density at radius 3 is 2.20 bits per heavy atom. The van der Waals surface area contributed by atoms with Crippen LogP contribution in [0.25, 0.3) is 0 Å². The second-order valence-electron chi connectivity index (χ2n) is 11.0. The van der Waals surface area contributed by atoms with Gasteiger partial charge in [0.2, 0.25) is 0 Å². The molecule has 0 unspecified atom stereocenters. The summed E-state index contributed by atoms with van der Waals surface area (Å²) in [5, 5.41) is 12.8. The zero-order valence-electron chi connectivity index (χ0n) is 22.6. The smallest absolute Gasteiger partial charge is 0.407 e. The van der Waals surface area contributed by atoms with Crippen molar-refractivity contribution >= 4 is 29.4 Å². The van der Waals surface area contributed by atoms with E-state index in [0.29, 0.717) is 22.9 Å². The molecule has 40 heavy (non-hydrogen) atoms. The molecule has 0 radical (unpaired) electrons. The van der Waals surface area contributed by atoms with E-state index in [-0.39, 0.29) is 42.3 Å². The van der Waals surface area contributed by atoms with Crippen LogP contribution in [-0.2, 0) is 11.3 Å². The van der Waals surface area contributed by atoms with Gasteiger partial charge in [-0.25, -0.2) is 4.79 Å². The third kappa shape index (κ3) is 8.19. The molecule has 6 N–H and O–H groups in total. The number of rotatable bonds is 5. The van der Waals surface area contributed by atoms with Crippen molar-refractivity contribution in [3.63, 3.8) is 0 Å². The van der Waals surface area contributed by atoms with Crippen molar-refractivity contribution in [2.75, 3.05) is 0 Å². The van der Waals surface area contributed by atoms with Crippen molar-refractivity contribution in [3.05, 3.63) is 64.7 Å². The normalized spacial score (nSPS) is 25.9. The fraction of sp³-hybridized carbons (Fsp3) is 0.500. The molecule has 0 aromatic heterocycles. The summed E-state index contributed by atoms with van der Waals surface area (Å²) in [5.41, 5.74) is 13.2. The van der Waals surface area contributed by atoms with Gasteiger partial charge in [-0.1, -0.05) is 41.9 Å². The molecule has 10 heteroatoms. The van der Waals surface area contributed by atoms with Gasteiger partial charge in [0.25, 0.3) is 5.91 Å². The molecule has 2 aliphatic carbocycles. The van der Waals surface area contributed by atoms with Crippen molar-refractivity contribution in [1.29, 1.82) is 0 Å². The third-order valence-corrected chi connectivity index (χ3v) is 8.15. The molecule has 5 rings (SSSR count). The topological polar surface area (TPSA) is 148 Å². The molecule has 9 nitrogen and oxygen atoms in total. The number of carbonyl (C=O) groups excluding carboxylic acids is 2. The van der Waals surface area contributed by atoms with Gasteiger partial charge in [-0.3, -0.25) is 9.59 Å². The Hall–Kier alpha value is -3.14. The fourth-order valence-electron chi connectivity index (χ4n) is 5.55. The van der Waals surface area contributed by atoms with Crippen molar-refractivity contribution in [2.45, 2.75) is 94.6 Å². The largest absolute Gasteiger partial charge is 0.479 e. The molecule has 0 spiro atoms. The SMILES string of the molecule is NC1CCC(N(Cc2ccccc2)C(=O)O)CC1.NC1CCC(NC(=O)[C@H]2CC(=O)c3cc(Cl)ccc3O2)CC1. The standard InChI is InChI=1S/C16H19ClN2O3.C14H20N2O2/c17-9-1-6-14-12(7-9)13(20)8-15(22-14)16(21)19-11-4-2-10(18)3-5-11;15-12-6-8-13(9-7-12)16(14(17)18)10-11-4-2-1-3-5-11/h1,6-7,10-11,15H,2-5,8,18H2,(H,19,21);1-5,12-13H,6-10,15H2,(H,17,18)/t10?,11?,15-;/m1./s1. The van der Waals surface area contributed by atoms with Gasteiger partial charge < -0.3 is 31.5 Å². The Morgan fingerprint density at radius 1 is 0.950 bits per heavy atom. The van der Waals surface area contributed by atoms with Crippen LogP contribution < -0.4 is 21.5 Å². The van der Waals surface area contributed by atoms with Crippen LogP contribution in [0.15, 0.2) is 48.5 Å². The quantitative estimate of drug-likeness (QED) is 0.413. The van der Waals surface area contributed by atoms with E-state index in [1.807, 2.05) is 30.3 Å². The van der Waals surface area contributed by atoms with Crippen LogP contribution in [-0.4, -0.2) is 58.1 Å². The highest BCUT2D eigenvalue weighted by Crippen LogP contribution is 2.30. The monoisotopic (exact) mass is 570 g/mol. The Labute approximate surface area is 240 Å². The fourth-order valence-corrected chi connectivity index (χ4v) is 5.72. The van der Waals surface area contributed by atoms with Crippen LogP contribution >= 0.6 is 11.6 Å². The number of ketones is 1. The number of amides is 2. The van der Waals surface area contributed by atoms with Crippen LogP contribution in [0, 0.1) is 0 Å². The molecule has 2 fully saturated rings. The third-order valence-electron chi connectivity index (χ3n) is 7.92. The first-order valence-corrected chi connectivity index (χ1v) is 14.4. The Morgan fingerprint density at radius 2 is 1.57 bits per heavy atom. The lowest BCUT2D eigenvalue weighted by Gasteiger charge is -2.34. The summed E-state index contributed by atoms with van der Waals surface area (Å²) in [6.45, 7) is 0.468. The Balaban J connectivity index is 0.000000189. The van der Waals surface area contributed by atoms with Gasteiger partial charge in [0.15, 0.2) is 11.9 Å². The second-order valence-corrected chi connectivity index (χ2v) is 11.4. The predicted molar refractivity (Wildman–Crippen MR) is 153 cm³/mol. The van der Waals surface area contributed by atoms with Crippen LogP contribution in [0.3, 0.4) is 0 Å². The number of benzene rings is 2. The molecular formula is C30H39ClN4O5. The number of nitrogens with zero attached hydrogens (tertiary/aromatic N) is 1. The van der Waals surface area contributed by atoms with E-state index in [1.165, 1.54) is 0 Å². The average Bonchev–Trinajstić information content (AvgIpc) is 2.94. The van der Waals surface area contributed by atoms with Crippen molar-refractivity contribution in [1.82, 2.24) is 10.2 Å². The number of carboxylic acid groups (broad SMARTS) is 1. The second kappa shape index (κ2) is 14.0. The van der Waals surface area contributed by atoms with E-state index in [0.717, 1.165) is 56.9 Å². The number of hydrogen-bond donors (Lipinski definition) is 4. The minimum Gasteiger partial charge on any atom is -0.479 e. The molecule has 1 atom stereocenters. The summed E-state index contributed by atoms with van der Waals surface area (Å²) in [5.74, 6) is 0.0791. The van der Waals surface area contributed by atoms with Gasteiger partial charge in [-0.15, -0.1) is 0 Å². The van der Waals surface area contributed by atoms with E-state index < -0.39 is 12.2 Å². The van der Waals surface area contributed by atoms with Crippen molar-refractivity contribution in [2.24, 2.45) is 11.5 Å². The van der Waals surface area contributed by atoms with Crippen LogP contribution in [0.2, 0.25) is 5.02 Å². The van der Waals surface area contributed by atoms with E-state index in [4.69, 9.17) is 27.8 Å². The lowest BCUT2D eigenvalue weighted by atomic mass is 9.90. The van der Waals surface area contributed by atoms with E-state index >= 15 is 0 Å². The molecule has 2 aromatic rings. The molecule has 2 saturated carbocycles. The number of nitrogens with two attached hydrogens (primary N) is 2. The highest BCUT2D eigenvalue weighted by atomic mass is 35.5. The van der Waals surface area contributed by atoms with Crippen LogP contribution in [0.5, 0.6) is 5.75 Å². The van der Waals surface area contributed by atoms with Gasteiger partial charge in [-0.05, 0) is 75.1 Å². The predicted octanol–water partition coefficient (Wildman–Crippen LogP) is 4.50. The number of ether oxygens (including phenoxy) is 1. The van der Waals surface area contributed by atoms with Gasteiger partial charge >= 0.3 is 6.09 Å². The maximum atomic E-state index is 12.3. The van der Waals surface area contributed by atoms with Crippen molar-refractivity contribution in [3.8, 4) is 5.75 Å². The zero-order chi connectivity index (χ0) is 28.6. The number of nitrogens with one attached hydrogen (secondary N) is 1. The van der Waals surface area contributed by atoms with Crippen LogP contribution in [0.4, 0.5) is 4.79 Å². The molecule has 0 saturated heterocycles. The average molecular weight is 571 g/mol. The summed E-state index contributed by atoms with van der Waals surface area (Å²) in [6.07, 6.45) is 5.61. The first-order valence-electron chi connectivity index (χ1n) is 14.0. The number of fused-ring (bicyclic) bond motifs is 1. The minimum absolute atomic E-state index is 0.0470. The van der Waals surface area contributed by atoms with E-state index in [9.17, 15) is 19.5 Å². The highest BCUT2D eigenvalue weighted by molar-refractivity contribution is 6.31. The Bertz CT molecular complexity index is 1160. The van der Waals surface area contributed by atoms with Gasteiger partial charge in [0.05, 0.1) is 12.0 Å². The van der Waals surface area contributed by atoms with Crippen molar-refractivity contribution < 1.29 is 24.2 Å². The van der Waals surface area contributed by atoms with Crippen LogP contribution in [0.1, 0.15) is 73.7 Å². The summed E-state index contributed by atoms with van der Waals surface area (Å²) in [6, 6.07) is 15.3. The highest BCUT2D eigenvalue weighted by Gasteiger charge is 2.33. The van der Waals surface area contributed by atoms with E-state index in [2.05, 4.69) is 5.32 Å². The molecule has 2 amide bonds. The summed E-state index contributed by atoms with van der Waals surface area (Å²) in [7, 11) is 0. The lowest BCUT2D eigenvalue weighted by molar-refractivity contribution is -0.129. The van der Waals surface area contributed by atoms with E-state index in [1.54, 1.807) is 23.1 Å². The summed E-state index contributed by atoms with van der Waals surface area (Å²) >= 11 is 5.88. The Kier molecular flexibility index (Phi) is 10.4. The van der Waals surface area contributed by atoms with Gasteiger partial charge in [-0.2, -0.15) is 0 Å². The molecule has 1 heterocycles. The first kappa shape index (κ1) is 29.8. The summed E-state index contributed by atoms with van der Waals surface area (Å²) in [4.78, 5) is 37.4. The molecule has 2 aromatic carbocycles. The number of hydrogen-bond acceptors (Lipinski definition) is 6. The minimum atomic E-state index is -0.834. The molecular weight excluding hydrogens is 532 g/mol. The maximum Gasteiger partial charge on any atom is 0.407 e. The summed E-state index contributed by atoms with van der Waals surface area (Å²) < 4.78 is 5.67. The maximum absolute atomic E-state index is 12.3. The number of halogens is 1. The lowest BCUT2D eigenvalue weighted by Crippen LogP contribution is -2.48. The first-order chi connectivity index (χ1) is 19.2. The number of carbonyl (C=O) groups is 3. The zero-order valence-corrected chi connectivity index (χ0v) is 23.4. The molecule has 216 valence electrons. The molecule has 0 bridgehead atoms. The van der Waals surface area contributed by atoms with Gasteiger partial charge in [0.1, 0.15) is 5.75 Å². The molecule has 1 aliphatic heterocycles. The number of Topliss-reactive ketones (excluding diaryl/α,β-unsaturated/α-hetero) is 1.